The average Bonchev–Trinajstić information content (AvgIpc) is 2.50. The third-order valence-electron chi connectivity index (χ3n) is 3.54. The molecule has 0 radical (unpaired) electrons. The number of aliphatic carboxylic acids is 1. The van der Waals surface area contributed by atoms with Gasteiger partial charge < -0.3 is 5.11 Å². The predicted molar refractivity (Wildman–Crippen MR) is 96.1 cm³/mol. The Hall–Kier alpha value is -1.31. The first-order valence-corrected chi connectivity index (χ1v) is 8.95. The van der Waals surface area contributed by atoms with Crippen molar-refractivity contribution in [2.45, 2.75) is 84.0 Å². The molecule has 2 heteroatoms. The van der Waals surface area contributed by atoms with Gasteiger partial charge in [0.05, 0.1) is 0 Å². The highest BCUT2D eigenvalue weighted by atomic mass is 16.4. The fourth-order valence-electron chi connectivity index (χ4n) is 2.22. The predicted octanol–water partition coefficient (Wildman–Crippen LogP) is 6.44. The van der Waals surface area contributed by atoms with Gasteiger partial charge in [-0.3, -0.25) is 4.79 Å². The Bertz CT molecular complexity index is 327. The normalized spacial score (nSPS) is 12.0. The summed E-state index contributed by atoms with van der Waals surface area (Å²) in [4.78, 5) is 10.3. The third-order valence-corrected chi connectivity index (χ3v) is 3.54. The van der Waals surface area contributed by atoms with E-state index in [1.807, 2.05) is 0 Å². The lowest BCUT2D eigenvalue weighted by molar-refractivity contribution is -0.137. The van der Waals surface area contributed by atoms with Crippen molar-refractivity contribution in [3.63, 3.8) is 0 Å². The van der Waals surface area contributed by atoms with Crippen LogP contribution in [0.1, 0.15) is 84.0 Å². The quantitative estimate of drug-likeness (QED) is 0.215. The first kappa shape index (κ1) is 20.7. The van der Waals surface area contributed by atoms with Crippen molar-refractivity contribution in [2.24, 2.45) is 0 Å². The van der Waals surface area contributed by atoms with E-state index in [0.717, 1.165) is 25.7 Å². The maximum absolute atomic E-state index is 10.3. The monoisotopic (exact) mass is 306 g/mol. The van der Waals surface area contributed by atoms with Gasteiger partial charge in [-0.1, -0.05) is 62.6 Å². The molecule has 0 atom stereocenters. The van der Waals surface area contributed by atoms with E-state index in [4.69, 9.17) is 5.11 Å². The zero-order valence-corrected chi connectivity index (χ0v) is 14.3. The van der Waals surface area contributed by atoms with Gasteiger partial charge in [0.25, 0.3) is 0 Å². The Morgan fingerprint density at radius 2 is 1.23 bits per heavy atom. The van der Waals surface area contributed by atoms with Gasteiger partial charge in [-0.2, -0.15) is 0 Å². The van der Waals surface area contributed by atoms with Gasteiger partial charge in [0.1, 0.15) is 0 Å². The average molecular weight is 306 g/mol. The molecule has 0 unspecified atom stereocenters. The van der Waals surface area contributed by atoms with E-state index in [-0.39, 0.29) is 0 Å². The van der Waals surface area contributed by atoms with E-state index in [2.05, 4.69) is 43.4 Å². The molecule has 0 aliphatic heterocycles. The Morgan fingerprint density at radius 1 is 0.727 bits per heavy atom. The van der Waals surface area contributed by atoms with Crippen LogP contribution in [0.4, 0.5) is 0 Å². The van der Waals surface area contributed by atoms with Crippen molar-refractivity contribution in [2.75, 3.05) is 0 Å². The van der Waals surface area contributed by atoms with Crippen molar-refractivity contribution < 1.29 is 9.90 Å². The van der Waals surface area contributed by atoms with Gasteiger partial charge in [-0.15, -0.1) is 0 Å². The molecule has 0 rings (SSSR count). The van der Waals surface area contributed by atoms with Gasteiger partial charge in [-0.05, 0) is 51.4 Å². The number of carboxylic acids is 1. The second-order valence-corrected chi connectivity index (χ2v) is 5.72. The van der Waals surface area contributed by atoms with Crippen LogP contribution < -0.4 is 0 Å². The third kappa shape index (κ3) is 18.7. The molecule has 0 saturated heterocycles. The summed E-state index contributed by atoms with van der Waals surface area (Å²) in [5, 5.41) is 8.51. The molecule has 22 heavy (non-hydrogen) atoms. The molecule has 0 aromatic carbocycles. The van der Waals surface area contributed by atoms with Crippen LogP contribution in [0, 0.1) is 0 Å². The number of unbranched alkanes of at least 4 members (excludes halogenated alkanes) is 8. The Labute approximate surface area is 137 Å². The second-order valence-electron chi connectivity index (χ2n) is 5.72. The van der Waals surface area contributed by atoms with E-state index >= 15 is 0 Å². The first-order valence-electron chi connectivity index (χ1n) is 8.95. The van der Waals surface area contributed by atoms with Crippen LogP contribution in [0.25, 0.3) is 0 Å². The molecular formula is C20H34O2. The summed E-state index contributed by atoms with van der Waals surface area (Å²) < 4.78 is 0. The van der Waals surface area contributed by atoms with Crippen molar-refractivity contribution in [1.82, 2.24) is 0 Å². The van der Waals surface area contributed by atoms with Crippen LogP contribution in [0.3, 0.4) is 0 Å². The Morgan fingerprint density at radius 3 is 1.82 bits per heavy atom. The fraction of sp³-hybridized carbons (Fsp3) is 0.650. The summed E-state index contributed by atoms with van der Waals surface area (Å²) in [6.07, 6.45) is 26.3. The summed E-state index contributed by atoms with van der Waals surface area (Å²) in [6.45, 7) is 2.15. The SMILES string of the molecule is CCC=CC=CCCCCCCCC=CCCCCC(=O)O. The summed E-state index contributed by atoms with van der Waals surface area (Å²) in [6, 6.07) is 0. The molecule has 0 bridgehead atoms. The van der Waals surface area contributed by atoms with Gasteiger partial charge in [0, 0.05) is 6.42 Å². The van der Waals surface area contributed by atoms with Crippen LogP contribution in [-0.4, -0.2) is 11.1 Å². The van der Waals surface area contributed by atoms with Gasteiger partial charge in [0.15, 0.2) is 0 Å². The molecule has 0 amide bonds. The molecule has 126 valence electrons. The highest BCUT2D eigenvalue weighted by Gasteiger charge is 1.94. The largest absolute Gasteiger partial charge is 0.481 e. The highest BCUT2D eigenvalue weighted by molar-refractivity contribution is 5.66. The summed E-state index contributed by atoms with van der Waals surface area (Å²) in [7, 11) is 0. The smallest absolute Gasteiger partial charge is 0.303 e. The topological polar surface area (TPSA) is 37.3 Å². The Kier molecular flexibility index (Phi) is 16.7. The maximum Gasteiger partial charge on any atom is 0.303 e. The van der Waals surface area contributed by atoms with Crippen molar-refractivity contribution >= 4 is 5.97 Å². The van der Waals surface area contributed by atoms with Gasteiger partial charge in [0.2, 0.25) is 0 Å². The molecule has 0 aliphatic carbocycles. The number of rotatable bonds is 15. The van der Waals surface area contributed by atoms with Gasteiger partial charge >= 0.3 is 5.97 Å². The van der Waals surface area contributed by atoms with E-state index < -0.39 is 5.97 Å². The lowest BCUT2D eigenvalue weighted by Gasteiger charge is -1.98. The highest BCUT2D eigenvalue weighted by Crippen LogP contribution is 2.09. The first-order chi connectivity index (χ1) is 10.8. The van der Waals surface area contributed by atoms with Gasteiger partial charge in [-0.25, -0.2) is 0 Å². The van der Waals surface area contributed by atoms with Crippen LogP contribution in [0.2, 0.25) is 0 Å². The number of carboxylic acid groups (broad SMARTS) is 1. The number of hydrogen-bond acceptors (Lipinski definition) is 1. The van der Waals surface area contributed by atoms with Crippen LogP contribution in [-0.2, 0) is 4.79 Å². The minimum atomic E-state index is -0.683. The molecule has 0 aromatic heterocycles. The number of hydrogen-bond donors (Lipinski definition) is 1. The molecule has 0 aliphatic rings. The molecule has 2 nitrogen and oxygen atoms in total. The minimum absolute atomic E-state index is 0.303. The molecule has 1 N–H and O–H groups in total. The maximum atomic E-state index is 10.3. The summed E-state index contributed by atoms with van der Waals surface area (Å²) in [5.74, 6) is -0.683. The lowest BCUT2D eigenvalue weighted by atomic mass is 10.1. The molecule has 0 heterocycles. The van der Waals surface area contributed by atoms with E-state index in [0.29, 0.717) is 6.42 Å². The van der Waals surface area contributed by atoms with Crippen LogP contribution in [0.5, 0.6) is 0 Å². The standard InChI is InChI=1S/C20H34O2/c1-2-3-4-5-6-7-8-9-10-11-12-13-14-15-16-17-18-19-20(21)22/h3-6,14-15H,2,7-13,16-19H2,1H3,(H,21,22). The van der Waals surface area contributed by atoms with Crippen molar-refractivity contribution in [3.05, 3.63) is 36.5 Å². The number of carbonyl (C=O) groups is 1. The van der Waals surface area contributed by atoms with E-state index in [1.54, 1.807) is 0 Å². The van der Waals surface area contributed by atoms with Crippen molar-refractivity contribution in [3.8, 4) is 0 Å². The molecular weight excluding hydrogens is 272 g/mol. The molecule has 0 spiro atoms. The molecule has 0 aromatic rings. The summed E-state index contributed by atoms with van der Waals surface area (Å²) >= 11 is 0. The number of allylic oxidation sites excluding steroid dienone is 6. The molecule has 0 fully saturated rings. The Balaban J connectivity index is 3.18. The van der Waals surface area contributed by atoms with E-state index in [9.17, 15) is 4.79 Å². The van der Waals surface area contributed by atoms with Crippen molar-refractivity contribution in [1.29, 1.82) is 0 Å². The van der Waals surface area contributed by atoms with Crippen LogP contribution >= 0.6 is 0 Å². The molecule has 0 saturated carbocycles. The summed E-state index contributed by atoms with van der Waals surface area (Å²) in [5.41, 5.74) is 0. The lowest BCUT2D eigenvalue weighted by Crippen LogP contribution is -1.92. The fourth-order valence-corrected chi connectivity index (χ4v) is 2.22. The van der Waals surface area contributed by atoms with E-state index in [1.165, 1.54) is 44.9 Å². The zero-order valence-electron chi connectivity index (χ0n) is 14.3. The van der Waals surface area contributed by atoms with Crippen LogP contribution in [0.15, 0.2) is 36.5 Å². The second kappa shape index (κ2) is 17.7. The minimum Gasteiger partial charge on any atom is -0.481 e. The zero-order chi connectivity index (χ0) is 16.3.